The van der Waals surface area contributed by atoms with Crippen LogP contribution < -0.4 is 5.73 Å². The van der Waals surface area contributed by atoms with E-state index in [1.165, 1.54) is 44.9 Å². The third kappa shape index (κ3) is 3.47. The molecule has 0 aromatic heterocycles. The van der Waals surface area contributed by atoms with Crippen LogP contribution in [0.25, 0.3) is 0 Å². The van der Waals surface area contributed by atoms with Crippen LogP contribution in [-0.2, 0) is 0 Å². The zero-order valence-electron chi connectivity index (χ0n) is 8.53. The van der Waals surface area contributed by atoms with Gasteiger partial charge in [0.05, 0.1) is 0 Å². The third-order valence-corrected chi connectivity index (χ3v) is 3.66. The SMILES string of the molecule is NCC1(CCCl)CCCCCCC1. The number of nitrogens with two attached hydrogens (primary N) is 1. The van der Waals surface area contributed by atoms with Gasteiger partial charge in [-0.05, 0) is 31.2 Å². The van der Waals surface area contributed by atoms with E-state index in [-0.39, 0.29) is 0 Å². The average molecular weight is 204 g/mol. The highest BCUT2D eigenvalue weighted by atomic mass is 35.5. The van der Waals surface area contributed by atoms with Crippen LogP contribution in [0.3, 0.4) is 0 Å². The van der Waals surface area contributed by atoms with Crippen molar-refractivity contribution in [3.8, 4) is 0 Å². The van der Waals surface area contributed by atoms with Gasteiger partial charge in [-0.1, -0.05) is 32.1 Å². The lowest BCUT2D eigenvalue weighted by atomic mass is 9.74. The Morgan fingerprint density at radius 3 is 2.00 bits per heavy atom. The molecule has 0 heterocycles. The molecule has 1 saturated carbocycles. The van der Waals surface area contributed by atoms with Crippen molar-refractivity contribution in [2.24, 2.45) is 11.1 Å². The third-order valence-electron chi connectivity index (χ3n) is 3.47. The van der Waals surface area contributed by atoms with E-state index in [9.17, 15) is 0 Å². The van der Waals surface area contributed by atoms with Crippen LogP contribution in [-0.4, -0.2) is 12.4 Å². The first kappa shape index (κ1) is 11.3. The Hall–Kier alpha value is 0.250. The summed E-state index contributed by atoms with van der Waals surface area (Å²) >= 11 is 5.84. The average Bonchev–Trinajstić information content (AvgIpc) is 2.10. The quantitative estimate of drug-likeness (QED) is 0.700. The summed E-state index contributed by atoms with van der Waals surface area (Å²) < 4.78 is 0. The molecule has 0 bridgehead atoms. The Morgan fingerprint density at radius 2 is 1.54 bits per heavy atom. The van der Waals surface area contributed by atoms with Gasteiger partial charge in [0.2, 0.25) is 0 Å². The molecule has 1 aliphatic rings. The highest BCUT2D eigenvalue weighted by Crippen LogP contribution is 2.36. The van der Waals surface area contributed by atoms with E-state index in [0.717, 1.165) is 18.8 Å². The van der Waals surface area contributed by atoms with Crippen molar-refractivity contribution in [1.82, 2.24) is 0 Å². The van der Waals surface area contributed by atoms with Gasteiger partial charge >= 0.3 is 0 Å². The fourth-order valence-electron chi connectivity index (χ4n) is 2.41. The lowest BCUT2D eigenvalue weighted by Crippen LogP contribution is -2.31. The number of hydrogen-bond acceptors (Lipinski definition) is 1. The van der Waals surface area contributed by atoms with Crippen LogP contribution in [0.4, 0.5) is 0 Å². The fourth-order valence-corrected chi connectivity index (χ4v) is 2.81. The highest BCUT2D eigenvalue weighted by molar-refractivity contribution is 6.17. The monoisotopic (exact) mass is 203 g/mol. The minimum absolute atomic E-state index is 0.391. The Bertz CT molecular complexity index is 128. The van der Waals surface area contributed by atoms with E-state index in [0.29, 0.717) is 5.41 Å². The fraction of sp³-hybridized carbons (Fsp3) is 1.00. The van der Waals surface area contributed by atoms with Crippen molar-refractivity contribution in [2.45, 2.75) is 51.4 Å². The van der Waals surface area contributed by atoms with Gasteiger partial charge in [-0.15, -0.1) is 11.6 Å². The Labute approximate surface area is 87.0 Å². The van der Waals surface area contributed by atoms with E-state index >= 15 is 0 Å². The molecular formula is C11H22ClN. The molecule has 13 heavy (non-hydrogen) atoms. The molecule has 2 heteroatoms. The van der Waals surface area contributed by atoms with Crippen molar-refractivity contribution < 1.29 is 0 Å². The molecule has 0 saturated heterocycles. The second-order valence-electron chi connectivity index (χ2n) is 4.41. The van der Waals surface area contributed by atoms with Gasteiger partial charge in [0, 0.05) is 5.88 Å². The summed E-state index contributed by atoms with van der Waals surface area (Å²) in [7, 11) is 0. The normalized spacial score (nSPS) is 23.5. The standard InChI is InChI=1S/C11H22ClN/c12-9-8-11(10-13)6-4-2-1-3-5-7-11/h1-10,13H2. The van der Waals surface area contributed by atoms with E-state index in [4.69, 9.17) is 17.3 Å². The minimum atomic E-state index is 0.391. The molecule has 1 aliphatic carbocycles. The number of halogens is 1. The molecule has 1 fully saturated rings. The predicted octanol–water partition coefficient (Wildman–Crippen LogP) is 3.30. The molecule has 1 nitrogen and oxygen atoms in total. The van der Waals surface area contributed by atoms with Gasteiger partial charge < -0.3 is 5.73 Å². The first-order chi connectivity index (χ1) is 6.33. The maximum Gasteiger partial charge on any atom is 0.0229 e. The van der Waals surface area contributed by atoms with Gasteiger partial charge in [-0.2, -0.15) is 0 Å². The van der Waals surface area contributed by atoms with Gasteiger partial charge in [0.1, 0.15) is 0 Å². The minimum Gasteiger partial charge on any atom is -0.330 e. The maximum absolute atomic E-state index is 5.89. The molecule has 2 N–H and O–H groups in total. The van der Waals surface area contributed by atoms with Crippen LogP contribution >= 0.6 is 11.6 Å². The molecule has 0 amide bonds. The van der Waals surface area contributed by atoms with Gasteiger partial charge in [0.15, 0.2) is 0 Å². The summed E-state index contributed by atoms with van der Waals surface area (Å²) in [5.74, 6) is 0.775. The Morgan fingerprint density at radius 1 is 1.00 bits per heavy atom. The first-order valence-corrected chi connectivity index (χ1v) is 6.12. The zero-order valence-corrected chi connectivity index (χ0v) is 9.28. The molecule has 0 aliphatic heterocycles. The van der Waals surface area contributed by atoms with Gasteiger partial charge in [-0.3, -0.25) is 0 Å². The first-order valence-electron chi connectivity index (χ1n) is 5.59. The van der Waals surface area contributed by atoms with E-state index in [1.54, 1.807) is 0 Å². The number of hydrogen-bond donors (Lipinski definition) is 1. The van der Waals surface area contributed by atoms with Crippen LogP contribution in [0.5, 0.6) is 0 Å². The lowest BCUT2D eigenvalue weighted by molar-refractivity contribution is 0.211. The van der Waals surface area contributed by atoms with Crippen LogP contribution in [0.1, 0.15) is 51.4 Å². The molecule has 1 rings (SSSR count). The predicted molar refractivity (Wildman–Crippen MR) is 59.1 cm³/mol. The smallest absolute Gasteiger partial charge is 0.0229 e. The highest BCUT2D eigenvalue weighted by Gasteiger charge is 2.27. The summed E-state index contributed by atoms with van der Waals surface area (Å²) in [6, 6.07) is 0. The zero-order chi connectivity index (χ0) is 9.57. The summed E-state index contributed by atoms with van der Waals surface area (Å²) in [4.78, 5) is 0. The van der Waals surface area contributed by atoms with Crippen molar-refractivity contribution in [3.63, 3.8) is 0 Å². The van der Waals surface area contributed by atoms with E-state index < -0.39 is 0 Å². The molecular weight excluding hydrogens is 182 g/mol. The van der Waals surface area contributed by atoms with Crippen molar-refractivity contribution in [1.29, 1.82) is 0 Å². The van der Waals surface area contributed by atoms with Crippen LogP contribution in [0.2, 0.25) is 0 Å². The molecule has 0 radical (unpaired) electrons. The van der Waals surface area contributed by atoms with Crippen LogP contribution in [0.15, 0.2) is 0 Å². The topological polar surface area (TPSA) is 26.0 Å². The van der Waals surface area contributed by atoms with Crippen molar-refractivity contribution in [3.05, 3.63) is 0 Å². The summed E-state index contributed by atoms with van der Waals surface area (Å²) in [6.07, 6.45) is 10.6. The molecule has 78 valence electrons. The Balaban J connectivity index is 2.47. The molecule has 0 aromatic carbocycles. The molecule has 0 atom stereocenters. The van der Waals surface area contributed by atoms with Gasteiger partial charge in [-0.25, -0.2) is 0 Å². The number of rotatable bonds is 3. The number of alkyl halides is 1. The van der Waals surface area contributed by atoms with Crippen molar-refractivity contribution in [2.75, 3.05) is 12.4 Å². The van der Waals surface area contributed by atoms with Crippen LogP contribution in [0, 0.1) is 5.41 Å². The summed E-state index contributed by atoms with van der Waals surface area (Å²) in [5.41, 5.74) is 6.28. The molecule has 0 aromatic rings. The van der Waals surface area contributed by atoms with E-state index in [2.05, 4.69) is 0 Å². The van der Waals surface area contributed by atoms with E-state index in [1.807, 2.05) is 0 Å². The Kier molecular flexibility index (Phi) is 5.12. The van der Waals surface area contributed by atoms with Crippen molar-refractivity contribution >= 4 is 11.6 Å². The summed E-state index contributed by atoms with van der Waals surface area (Å²) in [6.45, 7) is 0.833. The maximum atomic E-state index is 5.89. The van der Waals surface area contributed by atoms with Gasteiger partial charge in [0.25, 0.3) is 0 Å². The lowest BCUT2D eigenvalue weighted by Gasteiger charge is -2.33. The summed E-state index contributed by atoms with van der Waals surface area (Å²) in [5, 5.41) is 0. The molecule has 0 unspecified atom stereocenters. The second-order valence-corrected chi connectivity index (χ2v) is 4.79. The molecule has 0 spiro atoms. The largest absolute Gasteiger partial charge is 0.330 e. The second kappa shape index (κ2) is 5.87.